The molecule has 0 N–H and O–H groups in total. The van der Waals surface area contributed by atoms with Gasteiger partial charge >= 0.3 is 5.97 Å². The van der Waals surface area contributed by atoms with Gasteiger partial charge < -0.3 is 42.6 Å². The quantitative estimate of drug-likeness (QED) is 0.246. The van der Waals surface area contributed by atoms with E-state index in [1.165, 1.54) is 0 Å². The molecule has 2 unspecified atom stereocenters. The first-order valence-corrected chi connectivity index (χ1v) is 19.4. The first-order chi connectivity index (χ1) is 23.5. The summed E-state index contributed by atoms with van der Waals surface area (Å²) in [6, 6.07) is 0. The second-order valence-corrected chi connectivity index (χ2v) is 17.0. The maximum absolute atomic E-state index is 13.8. The van der Waals surface area contributed by atoms with Gasteiger partial charge in [0.1, 0.15) is 36.6 Å². The predicted molar refractivity (Wildman–Crippen MR) is 177 cm³/mol. The highest BCUT2D eigenvalue weighted by atomic mass is 16.8. The normalized spacial score (nSPS) is 55.8. The summed E-state index contributed by atoms with van der Waals surface area (Å²) in [5, 5.41) is 0. The Morgan fingerprint density at radius 2 is 1.35 bits per heavy atom. The molecule has 10 aliphatic heterocycles. The molecule has 10 rings (SSSR count). The molecule has 0 amide bonds. The Morgan fingerprint density at radius 3 is 2.20 bits per heavy atom. The van der Waals surface area contributed by atoms with Crippen LogP contribution in [0.15, 0.2) is 24.3 Å². The van der Waals surface area contributed by atoms with E-state index in [0.717, 1.165) is 49.7 Å². The zero-order chi connectivity index (χ0) is 33.8. The molecule has 10 saturated heterocycles. The molecule has 0 aliphatic carbocycles. The fraction of sp³-hybridized carbons (Fsp3) is 0.872. The Kier molecular flexibility index (Phi) is 8.63. The van der Waals surface area contributed by atoms with E-state index >= 15 is 0 Å². The van der Waals surface area contributed by atoms with Crippen molar-refractivity contribution >= 4 is 5.97 Å². The molecule has 10 fully saturated rings. The van der Waals surface area contributed by atoms with Gasteiger partial charge in [-0.2, -0.15) is 0 Å². The Balaban J connectivity index is 0.995. The molecule has 0 aromatic heterocycles. The van der Waals surface area contributed by atoms with Gasteiger partial charge in [0.15, 0.2) is 5.79 Å². The van der Waals surface area contributed by atoms with Crippen LogP contribution < -0.4 is 0 Å². The smallest absolute Gasteiger partial charge is 0.308 e. The topological polar surface area (TPSA) is 100 Å². The average Bonchev–Trinajstić information content (AvgIpc) is 3.65. The van der Waals surface area contributed by atoms with E-state index in [0.29, 0.717) is 31.6 Å². The molecule has 10 heterocycles. The highest BCUT2D eigenvalue weighted by molar-refractivity contribution is 5.70. The van der Waals surface area contributed by atoms with Crippen molar-refractivity contribution in [3.05, 3.63) is 24.3 Å². The van der Waals surface area contributed by atoms with Crippen LogP contribution in [0.1, 0.15) is 98.3 Å². The number of esters is 1. The van der Waals surface area contributed by atoms with Crippen molar-refractivity contribution in [3.63, 3.8) is 0 Å². The first-order valence-electron chi connectivity index (χ1n) is 19.4. The number of ether oxygens (including phenoxy) is 9. The van der Waals surface area contributed by atoms with E-state index in [2.05, 4.69) is 40.9 Å². The van der Waals surface area contributed by atoms with Crippen molar-refractivity contribution in [3.8, 4) is 0 Å². The third-order valence-corrected chi connectivity index (χ3v) is 13.9. The Hall–Kier alpha value is -1.37. The van der Waals surface area contributed by atoms with Crippen LogP contribution in [0.2, 0.25) is 0 Å². The molecule has 12 bridgehead atoms. The molecular weight excluding hydrogens is 628 g/mol. The van der Waals surface area contributed by atoms with Gasteiger partial charge in [-0.05, 0) is 74.9 Å². The molecule has 49 heavy (non-hydrogen) atoms. The number of hydrogen-bond donors (Lipinski definition) is 0. The van der Waals surface area contributed by atoms with Crippen LogP contribution in [0, 0.1) is 17.8 Å². The summed E-state index contributed by atoms with van der Waals surface area (Å²) in [5.74, 6) is -0.325. The fourth-order valence-corrected chi connectivity index (χ4v) is 10.7. The van der Waals surface area contributed by atoms with E-state index in [9.17, 15) is 4.79 Å². The van der Waals surface area contributed by atoms with Crippen molar-refractivity contribution in [1.29, 1.82) is 0 Å². The van der Waals surface area contributed by atoms with Crippen molar-refractivity contribution in [2.24, 2.45) is 17.8 Å². The minimum absolute atomic E-state index is 0.0147. The summed E-state index contributed by atoms with van der Waals surface area (Å²) in [6.45, 7) is 17.6. The van der Waals surface area contributed by atoms with E-state index in [1.807, 2.05) is 0 Å². The molecule has 272 valence electrons. The van der Waals surface area contributed by atoms with E-state index in [4.69, 9.17) is 42.6 Å². The fourth-order valence-electron chi connectivity index (χ4n) is 10.7. The maximum Gasteiger partial charge on any atom is 0.308 e. The van der Waals surface area contributed by atoms with Gasteiger partial charge in [0.05, 0.1) is 61.4 Å². The van der Waals surface area contributed by atoms with Gasteiger partial charge in [0.2, 0.25) is 0 Å². The second-order valence-electron chi connectivity index (χ2n) is 17.0. The van der Waals surface area contributed by atoms with Gasteiger partial charge in [0.25, 0.3) is 0 Å². The summed E-state index contributed by atoms with van der Waals surface area (Å²) in [6.07, 6.45) is 5.76. The number of hydrogen-bond acceptors (Lipinski definition) is 10. The van der Waals surface area contributed by atoms with Crippen molar-refractivity contribution < 1.29 is 47.4 Å². The Labute approximate surface area is 290 Å². The maximum atomic E-state index is 13.8. The lowest BCUT2D eigenvalue weighted by Crippen LogP contribution is -2.61. The lowest BCUT2D eigenvalue weighted by Gasteiger charge is -2.47. The molecular formula is C39H56O10. The molecule has 1 spiro atoms. The Morgan fingerprint density at radius 1 is 0.612 bits per heavy atom. The molecule has 0 saturated carbocycles. The van der Waals surface area contributed by atoms with Crippen LogP contribution in [-0.4, -0.2) is 103 Å². The van der Waals surface area contributed by atoms with Gasteiger partial charge in [-0.3, -0.25) is 4.79 Å². The summed E-state index contributed by atoms with van der Waals surface area (Å²) >= 11 is 0. The molecule has 10 heteroatoms. The zero-order valence-electron chi connectivity index (χ0n) is 29.7. The largest absolute Gasteiger partial charge is 0.459 e. The van der Waals surface area contributed by atoms with E-state index < -0.39 is 5.79 Å². The van der Waals surface area contributed by atoms with Gasteiger partial charge in [-0.1, -0.05) is 33.9 Å². The van der Waals surface area contributed by atoms with E-state index in [-0.39, 0.29) is 116 Å². The van der Waals surface area contributed by atoms with Gasteiger partial charge in [-0.15, -0.1) is 0 Å². The predicted octanol–water partition coefficient (Wildman–Crippen LogP) is 5.34. The molecule has 0 aromatic carbocycles. The van der Waals surface area contributed by atoms with Crippen molar-refractivity contribution in [2.45, 2.75) is 196 Å². The van der Waals surface area contributed by atoms with Crippen LogP contribution in [0.4, 0.5) is 0 Å². The van der Waals surface area contributed by atoms with Crippen molar-refractivity contribution in [2.75, 3.05) is 0 Å². The summed E-state index contributed by atoms with van der Waals surface area (Å²) < 4.78 is 60.2. The standard InChI is InChI=1S/C39H56O10/c1-18-13-24-7-9-27-19(2)14-26(42-27)11-12-39-17-31-35(48-39)36-37(46-31)38(49-39)34-28(45-36)10-8-25(44-34)15-32(40)47-33-22(5)21(4)23(6)41-30(33)16-29(43-24)20(18)3/h18,21-31,33-38H,2-3,7-17H2,1,4-6H3/t18-,21+,22+,23+,24?,25-,26+,27+,28+,29-,30+,31-,33-,34+,35?,36+,37-,38+,39+/m1/s1. The third-order valence-electron chi connectivity index (χ3n) is 13.9. The summed E-state index contributed by atoms with van der Waals surface area (Å²) in [5.41, 5.74) is 2.26. The van der Waals surface area contributed by atoms with Gasteiger partial charge in [0, 0.05) is 25.2 Å². The van der Waals surface area contributed by atoms with Crippen LogP contribution >= 0.6 is 0 Å². The number of carbonyl (C=O) groups is 1. The minimum atomic E-state index is -0.764. The molecule has 0 radical (unpaired) electrons. The summed E-state index contributed by atoms with van der Waals surface area (Å²) in [4.78, 5) is 13.8. The SMILES string of the molecule is C=C1C[C@@H]2CC[C@@]34C[C@H]5O[C@H]6[C@@H](O3)[C@H]3O[C@H](CC[C@@H]3O[C@H]6C5O4)CC(=O)O[C@@H]3[C@@H](C)[C@H](C)[C@H](C)O[C@H]3C[C@H]3OC(CC[C@@H]1O2)C[C@@H](C)C3=C. The molecule has 10 aliphatic rings. The highest BCUT2D eigenvalue weighted by Crippen LogP contribution is 2.54. The van der Waals surface area contributed by atoms with Crippen LogP contribution in [-0.2, 0) is 47.4 Å². The van der Waals surface area contributed by atoms with Crippen LogP contribution in [0.25, 0.3) is 0 Å². The minimum Gasteiger partial charge on any atom is -0.459 e. The monoisotopic (exact) mass is 684 g/mol. The molecule has 19 atom stereocenters. The second kappa shape index (κ2) is 12.6. The highest BCUT2D eigenvalue weighted by Gasteiger charge is 2.68. The van der Waals surface area contributed by atoms with Crippen LogP contribution in [0.3, 0.4) is 0 Å². The average molecular weight is 685 g/mol. The molecule has 0 aromatic rings. The lowest BCUT2D eigenvalue weighted by molar-refractivity contribution is -0.293. The number of carbonyl (C=O) groups excluding carboxylic acids is 1. The third kappa shape index (κ3) is 5.88. The lowest BCUT2D eigenvalue weighted by atomic mass is 9.78. The first kappa shape index (κ1) is 33.5. The van der Waals surface area contributed by atoms with Gasteiger partial charge in [-0.25, -0.2) is 0 Å². The molecule has 10 nitrogen and oxygen atoms in total. The number of rotatable bonds is 0. The summed E-state index contributed by atoms with van der Waals surface area (Å²) in [7, 11) is 0. The van der Waals surface area contributed by atoms with Crippen LogP contribution in [0.5, 0.6) is 0 Å². The van der Waals surface area contributed by atoms with Crippen molar-refractivity contribution in [1.82, 2.24) is 0 Å². The zero-order valence-corrected chi connectivity index (χ0v) is 29.7. The van der Waals surface area contributed by atoms with E-state index in [1.54, 1.807) is 0 Å². The number of fused-ring (bicyclic) bond motifs is 6. The Bertz CT molecular complexity index is 1320.